The molecule has 0 bridgehead atoms. The number of carbonyl (C=O) groups is 1. The summed E-state index contributed by atoms with van der Waals surface area (Å²) in [5, 5.41) is 17.0. The summed E-state index contributed by atoms with van der Waals surface area (Å²) in [6, 6.07) is 9.64. The highest BCUT2D eigenvalue weighted by molar-refractivity contribution is 7.11. The van der Waals surface area contributed by atoms with E-state index in [9.17, 15) is 4.79 Å². The maximum Gasteiger partial charge on any atom is 0.319 e. The van der Waals surface area contributed by atoms with Crippen molar-refractivity contribution in [2.24, 2.45) is 0 Å². The van der Waals surface area contributed by atoms with Gasteiger partial charge in [0, 0.05) is 27.9 Å². The van der Waals surface area contributed by atoms with Crippen molar-refractivity contribution in [2.45, 2.75) is 33.2 Å². The molecule has 7 nitrogen and oxygen atoms in total. The number of rotatable bonds is 5. The van der Waals surface area contributed by atoms with Gasteiger partial charge in [-0.25, -0.2) is 9.48 Å². The van der Waals surface area contributed by atoms with E-state index >= 15 is 0 Å². The van der Waals surface area contributed by atoms with Gasteiger partial charge in [0.05, 0.1) is 5.69 Å². The predicted octanol–water partition coefficient (Wildman–Crippen LogP) is 3.09. The summed E-state index contributed by atoms with van der Waals surface area (Å²) in [6.45, 7) is 6.04. The number of anilines is 1. The van der Waals surface area contributed by atoms with Gasteiger partial charge < -0.3 is 10.6 Å². The van der Waals surface area contributed by atoms with Crippen LogP contribution in [0.3, 0.4) is 0 Å². The normalized spacial score (nSPS) is 12.0. The molecule has 0 aliphatic rings. The second-order valence-electron chi connectivity index (χ2n) is 5.97. The molecule has 8 heteroatoms. The van der Waals surface area contributed by atoms with Crippen molar-refractivity contribution < 1.29 is 4.79 Å². The minimum atomic E-state index is -0.229. The molecular weight excluding hydrogens is 336 g/mol. The van der Waals surface area contributed by atoms with Crippen molar-refractivity contribution in [2.75, 3.05) is 5.32 Å². The van der Waals surface area contributed by atoms with E-state index in [4.69, 9.17) is 0 Å². The third-order valence-corrected chi connectivity index (χ3v) is 4.77. The SMILES string of the molecule is Cc1ccc(C[C@H](C)NC(=O)Nc2ccc(C)c(-n3cnnn3)c2)s1. The summed E-state index contributed by atoms with van der Waals surface area (Å²) >= 11 is 1.76. The zero-order valence-corrected chi connectivity index (χ0v) is 15.2. The number of aryl methyl sites for hydroxylation is 2. The molecule has 0 saturated heterocycles. The molecule has 2 amide bonds. The predicted molar refractivity (Wildman–Crippen MR) is 98.3 cm³/mol. The van der Waals surface area contributed by atoms with Crippen LogP contribution >= 0.6 is 11.3 Å². The Labute approximate surface area is 150 Å². The number of thiophene rings is 1. The number of benzene rings is 1. The number of aromatic nitrogens is 4. The molecule has 1 atom stereocenters. The standard InChI is InChI=1S/C17H20N6OS/c1-11-4-6-14(9-16(11)23-10-18-21-22-23)20-17(24)19-12(2)8-15-7-5-13(3)25-15/h4-7,9-10,12H,8H2,1-3H3,(H2,19,20,24)/t12-/m0/s1. The molecule has 3 rings (SSSR count). The average molecular weight is 356 g/mol. The quantitative estimate of drug-likeness (QED) is 0.736. The van der Waals surface area contributed by atoms with Crippen molar-refractivity contribution in [3.05, 3.63) is 52.0 Å². The van der Waals surface area contributed by atoms with E-state index in [-0.39, 0.29) is 12.1 Å². The van der Waals surface area contributed by atoms with Crippen molar-refractivity contribution >= 4 is 23.1 Å². The Morgan fingerprint density at radius 3 is 2.80 bits per heavy atom. The maximum atomic E-state index is 12.2. The highest BCUT2D eigenvalue weighted by atomic mass is 32.1. The lowest BCUT2D eigenvalue weighted by Crippen LogP contribution is -2.37. The zero-order valence-electron chi connectivity index (χ0n) is 14.4. The second kappa shape index (κ2) is 7.43. The molecule has 1 aromatic carbocycles. The largest absolute Gasteiger partial charge is 0.335 e. The Hall–Kier alpha value is -2.74. The molecule has 130 valence electrons. The van der Waals surface area contributed by atoms with Crippen LogP contribution in [0.5, 0.6) is 0 Å². The van der Waals surface area contributed by atoms with Crippen LogP contribution in [0.1, 0.15) is 22.2 Å². The monoisotopic (exact) mass is 356 g/mol. The molecule has 2 aromatic heterocycles. The molecule has 0 fully saturated rings. The Morgan fingerprint density at radius 1 is 1.28 bits per heavy atom. The lowest BCUT2D eigenvalue weighted by Gasteiger charge is -2.15. The molecule has 0 saturated carbocycles. The van der Waals surface area contributed by atoms with E-state index in [1.807, 2.05) is 32.0 Å². The lowest BCUT2D eigenvalue weighted by atomic mass is 10.2. The number of carbonyl (C=O) groups excluding carboxylic acids is 1. The molecule has 0 radical (unpaired) electrons. The summed E-state index contributed by atoms with van der Waals surface area (Å²) < 4.78 is 1.57. The topological polar surface area (TPSA) is 84.7 Å². The van der Waals surface area contributed by atoms with Gasteiger partial charge in [-0.3, -0.25) is 0 Å². The van der Waals surface area contributed by atoms with Crippen molar-refractivity contribution in [1.82, 2.24) is 25.5 Å². The Morgan fingerprint density at radius 2 is 2.12 bits per heavy atom. The van der Waals surface area contributed by atoms with E-state index in [1.54, 1.807) is 16.0 Å². The van der Waals surface area contributed by atoms with Gasteiger partial charge >= 0.3 is 6.03 Å². The van der Waals surface area contributed by atoms with Crippen LogP contribution in [0.4, 0.5) is 10.5 Å². The zero-order chi connectivity index (χ0) is 17.8. The Balaban J connectivity index is 1.62. The van der Waals surface area contributed by atoms with Gasteiger partial charge in [0.25, 0.3) is 0 Å². The first-order valence-corrected chi connectivity index (χ1v) is 8.80. The summed E-state index contributed by atoms with van der Waals surface area (Å²) in [7, 11) is 0. The van der Waals surface area contributed by atoms with Crippen molar-refractivity contribution in [3.63, 3.8) is 0 Å². The molecule has 25 heavy (non-hydrogen) atoms. The third kappa shape index (κ3) is 4.42. The van der Waals surface area contributed by atoms with Gasteiger partial charge in [-0.15, -0.1) is 16.4 Å². The molecule has 0 spiro atoms. The van der Waals surface area contributed by atoms with Crippen LogP contribution in [-0.4, -0.2) is 32.3 Å². The minimum absolute atomic E-state index is 0.0440. The summed E-state index contributed by atoms with van der Waals surface area (Å²) in [4.78, 5) is 14.8. The Bertz CT molecular complexity index is 858. The first-order chi connectivity index (χ1) is 12.0. The van der Waals surface area contributed by atoms with Crippen LogP contribution in [-0.2, 0) is 6.42 Å². The number of tetrazole rings is 1. The number of nitrogens with one attached hydrogen (secondary N) is 2. The summed E-state index contributed by atoms with van der Waals surface area (Å²) in [5.74, 6) is 0. The average Bonchev–Trinajstić information content (AvgIpc) is 3.21. The van der Waals surface area contributed by atoms with Gasteiger partial charge in [-0.05, 0) is 61.0 Å². The number of hydrogen-bond donors (Lipinski definition) is 2. The first kappa shape index (κ1) is 17.1. The molecule has 0 aliphatic carbocycles. The van der Waals surface area contributed by atoms with E-state index < -0.39 is 0 Å². The first-order valence-electron chi connectivity index (χ1n) is 7.98. The molecule has 3 aromatic rings. The van der Waals surface area contributed by atoms with Crippen LogP contribution in [0.2, 0.25) is 0 Å². The number of urea groups is 1. The highest BCUT2D eigenvalue weighted by Crippen LogP contribution is 2.19. The van der Waals surface area contributed by atoms with Gasteiger partial charge in [-0.2, -0.15) is 0 Å². The summed E-state index contributed by atoms with van der Waals surface area (Å²) in [5.41, 5.74) is 2.53. The molecule has 0 aliphatic heterocycles. The minimum Gasteiger partial charge on any atom is -0.335 e. The number of amides is 2. The van der Waals surface area contributed by atoms with Gasteiger partial charge in [0.1, 0.15) is 6.33 Å². The fourth-order valence-electron chi connectivity index (χ4n) is 2.54. The molecule has 2 heterocycles. The van der Waals surface area contributed by atoms with E-state index in [2.05, 4.69) is 45.2 Å². The number of hydrogen-bond acceptors (Lipinski definition) is 5. The van der Waals surface area contributed by atoms with Crippen LogP contribution in [0.25, 0.3) is 5.69 Å². The van der Waals surface area contributed by atoms with E-state index in [0.717, 1.165) is 17.7 Å². The van der Waals surface area contributed by atoms with Gasteiger partial charge in [-0.1, -0.05) is 6.07 Å². The van der Waals surface area contributed by atoms with Crippen molar-refractivity contribution in [3.8, 4) is 5.69 Å². The highest BCUT2D eigenvalue weighted by Gasteiger charge is 2.11. The van der Waals surface area contributed by atoms with Crippen LogP contribution in [0, 0.1) is 13.8 Å². The lowest BCUT2D eigenvalue weighted by molar-refractivity contribution is 0.249. The fourth-order valence-corrected chi connectivity index (χ4v) is 3.56. The molecule has 2 N–H and O–H groups in total. The van der Waals surface area contributed by atoms with E-state index in [1.165, 1.54) is 16.1 Å². The summed E-state index contributed by atoms with van der Waals surface area (Å²) in [6.07, 6.45) is 2.34. The fraction of sp³-hybridized carbons (Fsp3) is 0.294. The van der Waals surface area contributed by atoms with Crippen molar-refractivity contribution in [1.29, 1.82) is 0 Å². The smallest absolute Gasteiger partial charge is 0.319 e. The Kier molecular flexibility index (Phi) is 5.08. The maximum absolute atomic E-state index is 12.2. The number of nitrogens with zero attached hydrogens (tertiary/aromatic N) is 4. The van der Waals surface area contributed by atoms with Crippen LogP contribution in [0.15, 0.2) is 36.7 Å². The van der Waals surface area contributed by atoms with Gasteiger partial charge in [0.2, 0.25) is 0 Å². The van der Waals surface area contributed by atoms with Crippen LogP contribution < -0.4 is 10.6 Å². The molecular formula is C17H20N6OS. The third-order valence-electron chi connectivity index (χ3n) is 3.74. The van der Waals surface area contributed by atoms with E-state index in [0.29, 0.717) is 5.69 Å². The molecule has 0 unspecified atom stereocenters. The second-order valence-corrected chi connectivity index (χ2v) is 7.34. The van der Waals surface area contributed by atoms with Gasteiger partial charge in [0.15, 0.2) is 0 Å².